The van der Waals surface area contributed by atoms with Crippen LogP contribution in [0.2, 0.25) is 0 Å². The molecule has 2 amide bonds. The second-order valence-electron chi connectivity index (χ2n) is 7.61. The molecule has 0 bridgehead atoms. The molecule has 0 fully saturated rings. The molecule has 6 nitrogen and oxygen atoms in total. The number of hydrogen-bond donors (Lipinski definition) is 2. The Labute approximate surface area is 212 Å². The summed E-state index contributed by atoms with van der Waals surface area (Å²) in [5.74, 6) is 0.615. The van der Waals surface area contributed by atoms with Gasteiger partial charge in [-0.2, -0.15) is 0 Å². The van der Waals surface area contributed by atoms with Gasteiger partial charge in [-0.3, -0.25) is 4.79 Å². The number of aromatic nitrogens is 1. The van der Waals surface area contributed by atoms with E-state index in [-0.39, 0.29) is 11.2 Å². The lowest BCUT2D eigenvalue weighted by atomic mass is 10.0. The number of nitrogens with one attached hydrogen (secondary N) is 2. The van der Waals surface area contributed by atoms with Gasteiger partial charge in [-0.1, -0.05) is 64.6 Å². The molecule has 2 atom stereocenters. The van der Waals surface area contributed by atoms with E-state index in [1.54, 1.807) is 17.9 Å². The van der Waals surface area contributed by atoms with Crippen molar-refractivity contribution in [2.75, 3.05) is 31.1 Å². The van der Waals surface area contributed by atoms with Crippen LogP contribution in [0.1, 0.15) is 19.8 Å². The molecule has 180 valence electrons. The molecule has 3 rings (SSSR count). The van der Waals surface area contributed by atoms with Crippen LogP contribution in [0.3, 0.4) is 0 Å². The van der Waals surface area contributed by atoms with E-state index in [0.717, 1.165) is 39.2 Å². The van der Waals surface area contributed by atoms with Crippen molar-refractivity contribution in [3.8, 4) is 16.9 Å². The number of pyridine rings is 1. The molecule has 0 radical (unpaired) electrons. The first kappa shape index (κ1) is 26.4. The SMILES string of the molecule is CCCCn1ccc(-c2cc(Br)ccc2OC)c(NC(=O)Nc2c(PC)cccc2PC)c1=O. The molecule has 9 heteroatoms. The molecule has 2 unspecified atom stereocenters. The van der Waals surface area contributed by atoms with Crippen molar-refractivity contribution in [3.63, 3.8) is 0 Å². The van der Waals surface area contributed by atoms with Crippen molar-refractivity contribution in [1.82, 2.24) is 4.57 Å². The minimum absolute atomic E-state index is 0.226. The van der Waals surface area contributed by atoms with Crippen LogP contribution < -0.4 is 31.5 Å². The molecule has 2 N–H and O–H groups in total. The summed E-state index contributed by atoms with van der Waals surface area (Å²) in [5.41, 5.74) is 2.13. The van der Waals surface area contributed by atoms with Crippen LogP contribution in [0.15, 0.2) is 57.9 Å². The Morgan fingerprint density at radius 2 is 1.71 bits per heavy atom. The lowest BCUT2D eigenvalue weighted by molar-refractivity contribution is 0.262. The Hall–Kier alpha value is -2.20. The molecule has 34 heavy (non-hydrogen) atoms. The second-order valence-corrected chi connectivity index (χ2v) is 10.6. The minimum Gasteiger partial charge on any atom is -0.496 e. The molecule has 0 saturated carbocycles. The summed E-state index contributed by atoms with van der Waals surface area (Å²) in [7, 11) is 2.66. The number of ether oxygens (including phenoxy) is 1. The Bertz CT molecular complexity index is 1210. The number of aryl methyl sites for hydroxylation is 1. The molecule has 1 aromatic heterocycles. The number of carbonyl (C=O) groups is 1. The number of unbranched alkanes of at least 4 members (excludes halogenated alkanes) is 1. The second kappa shape index (κ2) is 12.5. The lowest BCUT2D eigenvalue weighted by Crippen LogP contribution is -2.31. The van der Waals surface area contributed by atoms with Crippen molar-refractivity contribution >= 4 is 61.1 Å². The number of halogens is 1. The summed E-state index contributed by atoms with van der Waals surface area (Å²) in [6.45, 7) is 6.84. The summed E-state index contributed by atoms with van der Waals surface area (Å²) in [6.07, 6.45) is 3.61. The predicted octanol–water partition coefficient (Wildman–Crippen LogP) is 5.60. The number of methoxy groups -OCH3 is 1. The van der Waals surface area contributed by atoms with Crippen molar-refractivity contribution in [2.45, 2.75) is 26.3 Å². The smallest absolute Gasteiger partial charge is 0.323 e. The van der Waals surface area contributed by atoms with E-state index in [9.17, 15) is 9.59 Å². The molecule has 0 aliphatic carbocycles. The number of para-hydroxylation sites is 1. The standard InChI is InChI=1S/C25H30BrN3O3P2/c1-5-6-13-29-14-12-17(18-15-16(26)10-11-19(18)32-2)22(24(29)30)27-25(31)28-23-20(33-3)8-7-9-21(23)34-4/h7-12,14-15,33-34H,5-6,13H2,1-4H3,(H2,27,28,31). The summed E-state index contributed by atoms with van der Waals surface area (Å²) >= 11 is 3.50. The first-order valence-electron chi connectivity index (χ1n) is 11.1. The van der Waals surface area contributed by atoms with Gasteiger partial charge in [0.15, 0.2) is 0 Å². The minimum atomic E-state index is -0.439. The molecule has 2 aromatic carbocycles. The van der Waals surface area contributed by atoms with Crippen molar-refractivity contribution in [1.29, 1.82) is 0 Å². The lowest BCUT2D eigenvalue weighted by Gasteiger charge is -2.18. The fourth-order valence-electron chi connectivity index (χ4n) is 3.68. The van der Waals surface area contributed by atoms with Crippen LogP contribution in [-0.4, -0.2) is 31.0 Å². The molecule has 0 spiro atoms. The monoisotopic (exact) mass is 561 g/mol. The van der Waals surface area contributed by atoms with Gasteiger partial charge in [0.05, 0.1) is 12.8 Å². The first-order chi connectivity index (χ1) is 16.4. The predicted molar refractivity (Wildman–Crippen MR) is 152 cm³/mol. The van der Waals surface area contributed by atoms with Gasteiger partial charge in [0.2, 0.25) is 0 Å². The zero-order valence-corrected chi connectivity index (χ0v) is 23.4. The van der Waals surface area contributed by atoms with Crippen molar-refractivity contribution in [2.24, 2.45) is 0 Å². The molecule has 3 aromatic rings. The van der Waals surface area contributed by atoms with Crippen molar-refractivity contribution in [3.05, 3.63) is 63.5 Å². The molecular formula is C25H30BrN3O3P2. The quantitative estimate of drug-likeness (QED) is 0.334. The summed E-state index contributed by atoms with van der Waals surface area (Å²) in [4.78, 5) is 26.7. The number of hydrogen-bond acceptors (Lipinski definition) is 3. The number of amides is 2. The fourth-order valence-corrected chi connectivity index (χ4v) is 5.58. The zero-order valence-electron chi connectivity index (χ0n) is 19.8. The maximum absolute atomic E-state index is 13.5. The van der Waals surface area contributed by atoms with Crippen LogP contribution in [0, 0.1) is 0 Å². The van der Waals surface area contributed by atoms with Crippen LogP contribution in [0.25, 0.3) is 11.1 Å². The third kappa shape index (κ3) is 6.07. The molecule has 1 heterocycles. The Kier molecular flexibility index (Phi) is 9.70. The summed E-state index contributed by atoms with van der Waals surface area (Å²) in [5, 5.41) is 8.06. The fraction of sp³-hybridized carbons (Fsp3) is 0.280. The Balaban J connectivity index is 2.07. The number of benzene rings is 2. The highest BCUT2D eigenvalue weighted by atomic mass is 79.9. The van der Waals surface area contributed by atoms with E-state index in [2.05, 4.69) is 46.8 Å². The maximum atomic E-state index is 13.5. The molecule has 0 saturated heterocycles. The normalized spacial score (nSPS) is 11.4. The van der Waals surface area contributed by atoms with Crippen molar-refractivity contribution < 1.29 is 9.53 Å². The third-order valence-corrected chi connectivity index (χ3v) is 7.85. The summed E-state index contributed by atoms with van der Waals surface area (Å²) in [6, 6.07) is 13.1. The van der Waals surface area contributed by atoms with E-state index in [4.69, 9.17) is 4.74 Å². The van der Waals surface area contributed by atoms with E-state index in [1.165, 1.54) is 0 Å². The third-order valence-electron chi connectivity index (χ3n) is 5.45. The van der Waals surface area contributed by atoms with Gasteiger partial charge in [-0.15, -0.1) is 0 Å². The van der Waals surface area contributed by atoms with E-state index >= 15 is 0 Å². The average Bonchev–Trinajstić information content (AvgIpc) is 2.84. The topological polar surface area (TPSA) is 72.4 Å². The summed E-state index contributed by atoms with van der Waals surface area (Å²) < 4.78 is 8.04. The van der Waals surface area contributed by atoms with E-state index in [0.29, 0.717) is 35.0 Å². The van der Waals surface area contributed by atoms with Gasteiger partial charge in [0, 0.05) is 28.3 Å². The highest BCUT2D eigenvalue weighted by Crippen LogP contribution is 2.35. The van der Waals surface area contributed by atoms with E-state index < -0.39 is 6.03 Å². The number of urea groups is 1. The van der Waals surface area contributed by atoms with Crippen LogP contribution in [0.4, 0.5) is 16.2 Å². The molecular weight excluding hydrogens is 532 g/mol. The van der Waals surface area contributed by atoms with Gasteiger partial charge in [0.1, 0.15) is 11.4 Å². The van der Waals surface area contributed by atoms with Gasteiger partial charge >= 0.3 is 6.03 Å². The van der Waals surface area contributed by atoms with E-state index in [1.807, 2.05) is 42.5 Å². The number of rotatable bonds is 9. The largest absolute Gasteiger partial charge is 0.496 e. The first-order valence-corrected chi connectivity index (χ1v) is 14.9. The highest BCUT2D eigenvalue weighted by molar-refractivity contribution is 9.10. The van der Waals surface area contributed by atoms with Gasteiger partial charge < -0.3 is 19.9 Å². The van der Waals surface area contributed by atoms with Crippen LogP contribution in [0.5, 0.6) is 5.75 Å². The maximum Gasteiger partial charge on any atom is 0.323 e. The molecule has 0 aliphatic heterocycles. The average molecular weight is 562 g/mol. The van der Waals surface area contributed by atoms with Gasteiger partial charge in [-0.25, -0.2) is 4.79 Å². The number of anilines is 2. The molecule has 0 aliphatic rings. The zero-order chi connectivity index (χ0) is 24.7. The van der Waals surface area contributed by atoms with Crippen LogP contribution >= 0.6 is 33.1 Å². The Morgan fingerprint density at radius 3 is 2.32 bits per heavy atom. The Morgan fingerprint density at radius 1 is 1.03 bits per heavy atom. The van der Waals surface area contributed by atoms with Gasteiger partial charge in [-0.05, 0) is 54.6 Å². The highest BCUT2D eigenvalue weighted by Gasteiger charge is 2.19. The van der Waals surface area contributed by atoms with Crippen LogP contribution in [-0.2, 0) is 6.54 Å². The number of nitrogens with zero attached hydrogens (tertiary/aromatic N) is 1. The van der Waals surface area contributed by atoms with Gasteiger partial charge in [0.25, 0.3) is 5.56 Å². The number of carbonyl (C=O) groups excluding carboxylic acids is 1.